The lowest BCUT2D eigenvalue weighted by Gasteiger charge is -2.40. The Morgan fingerprint density at radius 3 is 2.28 bits per heavy atom. The molecule has 0 spiro atoms. The van der Waals surface area contributed by atoms with Gasteiger partial charge in [-0.2, -0.15) is 0 Å². The lowest BCUT2D eigenvalue weighted by Crippen LogP contribution is -2.41. The van der Waals surface area contributed by atoms with Crippen LogP contribution >= 0.6 is 0 Å². The molecule has 2 aromatic carbocycles. The second kappa shape index (κ2) is 12.0. The number of nitrogens with zero attached hydrogens (tertiary/aromatic N) is 2. The highest BCUT2D eigenvalue weighted by molar-refractivity contribution is 5.87. The van der Waals surface area contributed by atoms with Crippen molar-refractivity contribution in [3.63, 3.8) is 0 Å². The van der Waals surface area contributed by atoms with Crippen molar-refractivity contribution in [3.05, 3.63) is 106 Å². The molecule has 1 atom stereocenters. The molecular formula is C36H47N3. The predicted molar refractivity (Wildman–Crippen MR) is 168 cm³/mol. The molecular weight excluding hydrogens is 474 g/mol. The molecule has 2 heterocycles. The Labute approximate surface area is 237 Å². The number of piperidine rings is 1. The summed E-state index contributed by atoms with van der Waals surface area (Å²) in [7, 11) is 0. The first kappa shape index (κ1) is 27.5. The average molecular weight is 522 g/mol. The predicted octanol–water partition coefficient (Wildman–Crippen LogP) is 8.31. The number of para-hydroxylation sites is 1. The summed E-state index contributed by atoms with van der Waals surface area (Å²) in [4.78, 5) is 5.16. The average Bonchev–Trinajstić information content (AvgIpc) is 3.06. The Morgan fingerprint density at radius 2 is 1.62 bits per heavy atom. The lowest BCUT2D eigenvalue weighted by molar-refractivity contribution is 0.192. The van der Waals surface area contributed by atoms with Gasteiger partial charge in [0.2, 0.25) is 0 Å². The summed E-state index contributed by atoms with van der Waals surface area (Å²) in [6.45, 7) is 18.2. The minimum absolute atomic E-state index is 0.310. The quantitative estimate of drug-likeness (QED) is 0.412. The number of aryl methyl sites for hydroxylation is 3. The van der Waals surface area contributed by atoms with Crippen molar-refractivity contribution in [1.82, 2.24) is 10.2 Å². The molecule has 39 heavy (non-hydrogen) atoms. The van der Waals surface area contributed by atoms with Gasteiger partial charge in [0.1, 0.15) is 5.82 Å². The highest BCUT2D eigenvalue weighted by Gasteiger charge is 2.33. The maximum absolute atomic E-state index is 3.86. The Balaban J connectivity index is 1.66. The van der Waals surface area contributed by atoms with Crippen LogP contribution in [0.5, 0.6) is 0 Å². The smallest absolute Gasteiger partial charge is 0.106 e. The molecule has 0 radical (unpaired) electrons. The Bertz CT molecular complexity index is 1300. The Kier molecular flexibility index (Phi) is 8.47. The van der Waals surface area contributed by atoms with Gasteiger partial charge in [0, 0.05) is 18.2 Å². The third kappa shape index (κ3) is 5.65. The van der Waals surface area contributed by atoms with E-state index >= 15 is 0 Å². The molecule has 3 heteroatoms. The van der Waals surface area contributed by atoms with Crippen LogP contribution in [0.25, 0.3) is 5.57 Å². The van der Waals surface area contributed by atoms with Crippen LogP contribution in [0.4, 0.5) is 5.69 Å². The van der Waals surface area contributed by atoms with Gasteiger partial charge in [0.05, 0.1) is 5.69 Å². The standard InChI is InChI=1S/C36H47N3/c1-7-12-34-37-24-33-32(31-16-10-9-13-25(31)3)23-30(22-29-17-19-38(8-2)20-18-29)21-28(6)36(33)39(34)35-26(4)14-11-15-27(35)5/h9-16,21,23,28-29,37H,7-8,17-20,22,24H2,1-6H3/b34-12-. The molecule has 0 amide bonds. The molecule has 206 valence electrons. The minimum Gasteiger partial charge on any atom is -0.367 e. The van der Waals surface area contributed by atoms with Gasteiger partial charge in [-0.15, -0.1) is 0 Å². The van der Waals surface area contributed by atoms with E-state index < -0.39 is 0 Å². The first-order valence-electron chi connectivity index (χ1n) is 15.2. The van der Waals surface area contributed by atoms with Crippen LogP contribution in [0.3, 0.4) is 0 Å². The molecule has 0 aromatic heterocycles. The van der Waals surface area contributed by atoms with Crippen molar-refractivity contribution in [1.29, 1.82) is 0 Å². The third-order valence-corrected chi connectivity index (χ3v) is 8.96. The topological polar surface area (TPSA) is 18.5 Å². The van der Waals surface area contributed by atoms with Crippen LogP contribution in [0.2, 0.25) is 0 Å². The zero-order valence-corrected chi connectivity index (χ0v) is 25.0. The fourth-order valence-corrected chi connectivity index (χ4v) is 6.88. The van der Waals surface area contributed by atoms with Crippen LogP contribution < -0.4 is 10.2 Å². The maximum Gasteiger partial charge on any atom is 0.106 e. The summed E-state index contributed by atoms with van der Waals surface area (Å²) in [6, 6.07) is 15.6. The van der Waals surface area contributed by atoms with Gasteiger partial charge in [0.15, 0.2) is 0 Å². The van der Waals surface area contributed by atoms with E-state index in [2.05, 4.69) is 117 Å². The molecule has 1 unspecified atom stereocenters. The number of nitrogens with one attached hydrogen (secondary N) is 1. The lowest BCUT2D eigenvalue weighted by atomic mass is 9.87. The monoisotopic (exact) mass is 521 g/mol. The number of benzene rings is 2. The van der Waals surface area contributed by atoms with Gasteiger partial charge in [-0.05, 0) is 111 Å². The summed E-state index contributed by atoms with van der Waals surface area (Å²) in [5.74, 6) is 2.29. The van der Waals surface area contributed by atoms with Crippen molar-refractivity contribution < 1.29 is 0 Å². The van der Waals surface area contributed by atoms with E-state index in [1.807, 2.05) is 0 Å². The first-order valence-corrected chi connectivity index (χ1v) is 15.2. The summed E-state index contributed by atoms with van der Waals surface area (Å²) >= 11 is 0. The molecule has 1 N–H and O–H groups in total. The van der Waals surface area contributed by atoms with Crippen molar-refractivity contribution in [3.8, 4) is 0 Å². The third-order valence-electron chi connectivity index (χ3n) is 8.96. The highest BCUT2D eigenvalue weighted by Crippen LogP contribution is 2.44. The summed E-state index contributed by atoms with van der Waals surface area (Å²) in [5.41, 5.74) is 12.4. The van der Waals surface area contributed by atoms with Crippen LogP contribution in [0.15, 0.2) is 83.4 Å². The number of rotatable bonds is 6. The van der Waals surface area contributed by atoms with Gasteiger partial charge in [-0.3, -0.25) is 4.90 Å². The molecule has 1 saturated heterocycles. The summed E-state index contributed by atoms with van der Waals surface area (Å²) < 4.78 is 0. The Morgan fingerprint density at radius 1 is 0.923 bits per heavy atom. The molecule has 0 bridgehead atoms. The van der Waals surface area contributed by atoms with Crippen molar-refractivity contribution >= 4 is 11.3 Å². The van der Waals surface area contributed by atoms with Gasteiger partial charge in [-0.25, -0.2) is 0 Å². The zero-order chi connectivity index (χ0) is 27.5. The van der Waals surface area contributed by atoms with Crippen LogP contribution in [0.1, 0.15) is 68.7 Å². The van der Waals surface area contributed by atoms with Crippen molar-refractivity contribution in [2.75, 3.05) is 31.1 Å². The molecule has 5 rings (SSSR count). The largest absolute Gasteiger partial charge is 0.367 e. The number of hydrogen-bond donors (Lipinski definition) is 1. The zero-order valence-electron chi connectivity index (χ0n) is 25.0. The molecule has 1 fully saturated rings. The van der Waals surface area contributed by atoms with Crippen molar-refractivity contribution in [2.45, 2.75) is 67.2 Å². The highest BCUT2D eigenvalue weighted by atomic mass is 15.3. The van der Waals surface area contributed by atoms with E-state index in [-0.39, 0.29) is 0 Å². The molecule has 3 aliphatic rings. The van der Waals surface area contributed by atoms with E-state index in [0.29, 0.717) is 5.92 Å². The minimum atomic E-state index is 0.310. The second-order valence-electron chi connectivity index (χ2n) is 11.8. The van der Waals surface area contributed by atoms with Gasteiger partial charge in [0.25, 0.3) is 0 Å². The molecule has 2 aromatic rings. The fraction of sp³-hybridized carbons (Fsp3) is 0.444. The molecule has 0 saturated carbocycles. The number of hydrogen-bond acceptors (Lipinski definition) is 3. The Hall–Kier alpha value is -3.04. The SMILES string of the molecule is CC/C=C1/NCC2=C(C(C)C=C(CC3CCN(CC)CC3)C=C2c2ccccc2C)N1c1c(C)cccc1C. The maximum atomic E-state index is 3.86. The fourth-order valence-electron chi connectivity index (χ4n) is 6.88. The van der Waals surface area contributed by atoms with E-state index in [9.17, 15) is 0 Å². The summed E-state index contributed by atoms with van der Waals surface area (Å²) in [5, 5.41) is 3.86. The van der Waals surface area contributed by atoms with Gasteiger partial charge < -0.3 is 10.2 Å². The van der Waals surface area contributed by atoms with E-state index in [1.54, 1.807) is 0 Å². The second-order valence-corrected chi connectivity index (χ2v) is 11.8. The van der Waals surface area contributed by atoms with Gasteiger partial charge in [-0.1, -0.05) is 81.0 Å². The van der Waals surface area contributed by atoms with Crippen LogP contribution in [0, 0.1) is 32.6 Å². The van der Waals surface area contributed by atoms with Crippen molar-refractivity contribution in [2.24, 2.45) is 11.8 Å². The first-order chi connectivity index (χ1) is 18.9. The number of allylic oxidation sites excluding steroid dienone is 4. The van der Waals surface area contributed by atoms with E-state index in [4.69, 9.17) is 0 Å². The van der Waals surface area contributed by atoms with Crippen LogP contribution in [-0.2, 0) is 0 Å². The summed E-state index contributed by atoms with van der Waals surface area (Å²) in [6.07, 6.45) is 12.3. The van der Waals surface area contributed by atoms with E-state index in [0.717, 1.165) is 18.9 Å². The normalized spacial score (nSPS) is 21.8. The number of anilines is 1. The van der Waals surface area contributed by atoms with Crippen LogP contribution in [-0.4, -0.2) is 31.1 Å². The molecule has 1 aliphatic carbocycles. The van der Waals surface area contributed by atoms with E-state index in [1.165, 1.54) is 95.1 Å². The number of likely N-dealkylation sites (tertiary alicyclic amines) is 1. The van der Waals surface area contributed by atoms with Gasteiger partial charge >= 0.3 is 0 Å². The molecule has 3 nitrogen and oxygen atoms in total. The molecule has 2 aliphatic heterocycles.